The van der Waals surface area contributed by atoms with Crippen LogP contribution in [0.25, 0.3) is 26.9 Å². The number of nitrogens with zero attached hydrogens (tertiary/aromatic N) is 2. The fourth-order valence-corrected chi connectivity index (χ4v) is 4.20. The summed E-state index contributed by atoms with van der Waals surface area (Å²) < 4.78 is 33.0. The molecule has 180 valence electrons. The van der Waals surface area contributed by atoms with Gasteiger partial charge in [-0.15, -0.1) is 0 Å². The largest absolute Gasteiger partial charge is 0.467 e. The molecular formula is C27H18ClF2N3O3. The molecule has 0 unspecified atom stereocenters. The Bertz CT molecular complexity index is 1510. The van der Waals surface area contributed by atoms with E-state index < -0.39 is 35.1 Å². The quantitative estimate of drug-likeness (QED) is 0.262. The van der Waals surface area contributed by atoms with E-state index in [0.717, 1.165) is 25.3 Å². The lowest BCUT2D eigenvalue weighted by atomic mass is 9.95. The van der Waals surface area contributed by atoms with E-state index in [0.29, 0.717) is 38.3 Å². The van der Waals surface area contributed by atoms with Gasteiger partial charge in [-0.25, -0.2) is 18.4 Å². The molecule has 0 aliphatic rings. The van der Waals surface area contributed by atoms with E-state index in [9.17, 15) is 18.4 Å². The monoisotopic (exact) mass is 505 g/mol. The third-order valence-corrected chi connectivity index (χ3v) is 5.95. The van der Waals surface area contributed by atoms with Gasteiger partial charge in [0.2, 0.25) is 0 Å². The van der Waals surface area contributed by atoms with Crippen LogP contribution in [-0.4, -0.2) is 30.0 Å². The number of rotatable bonds is 6. The normalized spacial score (nSPS) is 11.5. The van der Waals surface area contributed by atoms with Gasteiger partial charge >= 0.3 is 5.97 Å². The average molecular weight is 506 g/mol. The molecule has 1 atom stereocenters. The summed E-state index contributed by atoms with van der Waals surface area (Å²) in [4.78, 5) is 33.0. The smallest absolute Gasteiger partial charge is 0.328 e. The number of hydrogen-bond acceptors (Lipinski definition) is 4. The van der Waals surface area contributed by atoms with E-state index in [4.69, 9.17) is 22.9 Å². The van der Waals surface area contributed by atoms with Crippen molar-refractivity contribution in [2.45, 2.75) is 12.5 Å². The second-order valence-corrected chi connectivity index (χ2v) is 8.20. The highest BCUT2D eigenvalue weighted by Crippen LogP contribution is 2.36. The first-order valence-electron chi connectivity index (χ1n) is 10.7. The number of carbonyl (C=O) groups excluding carboxylic acids is 2. The lowest BCUT2D eigenvalue weighted by molar-refractivity contribution is -0.142. The molecule has 0 aliphatic heterocycles. The van der Waals surface area contributed by atoms with Gasteiger partial charge in [0.1, 0.15) is 23.2 Å². The van der Waals surface area contributed by atoms with E-state index in [2.05, 4.69) is 15.1 Å². The molecule has 0 fully saturated rings. The number of ether oxygens (including phenoxy) is 1. The van der Waals surface area contributed by atoms with Gasteiger partial charge in [0.15, 0.2) is 5.69 Å². The summed E-state index contributed by atoms with van der Waals surface area (Å²) in [5.41, 5.74) is 2.23. The zero-order valence-electron chi connectivity index (χ0n) is 18.9. The number of aromatic nitrogens is 1. The second-order valence-electron chi connectivity index (χ2n) is 7.80. The molecule has 0 saturated heterocycles. The highest BCUT2D eigenvalue weighted by Gasteiger charge is 2.27. The van der Waals surface area contributed by atoms with E-state index >= 15 is 0 Å². The Kier molecular flexibility index (Phi) is 7.23. The molecule has 0 spiro atoms. The van der Waals surface area contributed by atoms with Crippen LogP contribution in [0.4, 0.5) is 14.5 Å². The summed E-state index contributed by atoms with van der Waals surface area (Å²) in [7, 11) is 1.16. The van der Waals surface area contributed by atoms with Crippen molar-refractivity contribution in [1.82, 2.24) is 10.3 Å². The standard InChI is InChI=1S/C27H18ClF2N3O3/c1-31-16-9-11-18(20(28)14-16)19-10-8-15(17-5-4-12-32-25(17)19)13-23(27(35)36-2)33-26(34)24-21(29)6-3-7-22(24)30/h3-12,14,23H,13H2,2H3,(H,33,34)/t23-/m0/s1. The third-order valence-electron chi connectivity index (χ3n) is 5.64. The maximum Gasteiger partial charge on any atom is 0.328 e. The number of carbonyl (C=O) groups is 2. The van der Waals surface area contributed by atoms with E-state index in [1.165, 1.54) is 0 Å². The predicted molar refractivity (Wildman–Crippen MR) is 132 cm³/mol. The number of esters is 1. The number of fused-ring (bicyclic) bond motifs is 1. The van der Waals surface area contributed by atoms with E-state index in [-0.39, 0.29) is 6.42 Å². The first-order valence-corrected chi connectivity index (χ1v) is 11.1. The van der Waals surface area contributed by atoms with Crippen LogP contribution in [0.5, 0.6) is 0 Å². The number of pyridine rings is 1. The Labute approximate surface area is 210 Å². The minimum Gasteiger partial charge on any atom is -0.467 e. The fraction of sp³-hybridized carbons (Fsp3) is 0.111. The maximum absolute atomic E-state index is 14.1. The SMILES string of the molecule is [C-]#[N+]c1ccc(-c2ccc(C[C@H](NC(=O)c3c(F)cccc3F)C(=O)OC)c3cccnc23)c(Cl)c1. The molecule has 6 nitrogen and oxygen atoms in total. The van der Waals surface area contributed by atoms with Gasteiger partial charge in [-0.2, -0.15) is 0 Å². The zero-order chi connectivity index (χ0) is 25.8. The highest BCUT2D eigenvalue weighted by atomic mass is 35.5. The van der Waals surface area contributed by atoms with Crippen molar-refractivity contribution >= 4 is 40.1 Å². The predicted octanol–water partition coefficient (Wildman–Crippen LogP) is 5.90. The molecule has 9 heteroatoms. The molecule has 1 heterocycles. The van der Waals surface area contributed by atoms with E-state index in [1.54, 1.807) is 48.7 Å². The van der Waals surface area contributed by atoms with Crippen molar-refractivity contribution in [3.8, 4) is 11.1 Å². The van der Waals surface area contributed by atoms with Gasteiger partial charge in [-0.1, -0.05) is 48.0 Å². The Balaban J connectivity index is 1.72. The van der Waals surface area contributed by atoms with Crippen LogP contribution in [-0.2, 0) is 16.0 Å². The number of hydrogen-bond donors (Lipinski definition) is 1. The first-order chi connectivity index (χ1) is 17.3. The summed E-state index contributed by atoms with van der Waals surface area (Å²) in [5.74, 6) is -3.95. The molecule has 1 amide bonds. The fourth-order valence-electron chi connectivity index (χ4n) is 3.92. The molecule has 4 aromatic rings. The van der Waals surface area contributed by atoms with Gasteiger partial charge < -0.3 is 10.1 Å². The zero-order valence-corrected chi connectivity index (χ0v) is 19.6. The topological polar surface area (TPSA) is 72.7 Å². The van der Waals surface area contributed by atoms with Crippen LogP contribution in [0.3, 0.4) is 0 Å². The molecular weight excluding hydrogens is 488 g/mol. The number of halogens is 3. The minimum atomic E-state index is -1.22. The molecule has 36 heavy (non-hydrogen) atoms. The molecule has 1 aromatic heterocycles. The van der Waals surface area contributed by atoms with Crippen molar-refractivity contribution in [1.29, 1.82) is 0 Å². The molecule has 0 bridgehead atoms. The minimum absolute atomic E-state index is 0.0264. The van der Waals surface area contributed by atoms with Crippen LogP contribution in [0.15, 0.2) is 66.9 Å². The van der Waals surface area contributed by atoms with Gasteiger partial charge in [0.25, 0.3) is 5.91 Å². The molecule has 4 rings (SSSR count). The van der Waals surface area contributed by atoms with Gasteiger partial charge in [-0.3, -0.25) is 9.78 Å². The van der Waals surface area contributed by atoms with Crippen LogP contribution >= 0.6 is 11.6 Å². The van der Waals surface area contributed by atoms with Gasteiger partial charge in [0, 0.05) is 28.6 Å². The summed E-state index contributed by atoms with van der Waals surface area (Å²) in [5, 5.41) is 3.45. The molecule has 1 N–H and O–H groups in total. The lowest BCUT2D eigenvalue weighted by Gasteiger charge is -2.19. The number of amides is 1. The molecule has 3 aromatic carbocycles. The van der Waals surface area contributed by atoms with Gasteiger partial charge in [0.05, 0.1) is 19.2 Å². The van der Waals surface area contributed by atoms with Crippen molar-refractivity contribution in [3.63, 3.8) is 0 Å². The van der Waals surface area contributed by atoms with Gasteiger partial charge in [-0.05, 0) is 35.4 Å². The van der Waals surface area contributed by atoms with Crippen molar-refractivity contribution in [3.05, 3.63) is 106 Å². The molecule has 0 saturated carbocycles. The Morgan fingerprint density at radius 1 is 1.08 bits per heavy atom. The van der Waals surface area contributed by atoms with Crippen molar-refractivity contribution < 1.29 is 23.1 Å². The Morgan fingerprint density at radius 2 is 1.81 bits per heavy atom. The van der Waals surface area contributed by atoms with Crippen LogP contribution < -0.4 is 5.32 Å². The summed E-state index contributed by atoms with van der Waals surface area (Å²) in [6.45, 7) is 7.16. The highest BCUT2D eigenvalue weighted by molar-refractivity contribution is 6.34. The third kappa shape index (κ3) is 4.88. The Morgan fingerprint density at radius 3 is 2.47 bits per heavy atom. The van der Waals surface area contributed by atoms with Crippen molar-refractivity contribution in [2.75, 3.05) is 7.11 Å². The van der Waals surface area contributed by atoms with Crippen molar-refractivity contribution in [2.24, 2.45) is 0 Å². The summed E-state index contributed by atoms with van der Waals surface area (Å²) >= 11 is 6.43. The summed E-state index contributed by atoms with van der Waals surface area (Å²) in [6, 6.07) is 13.8. The second kappa shape index (κ2) is 10.5. The van der Waals surface area contributed by atoms with Crippen LogP contribution in [0.2, 0.25) is 5.02 Å². The van der Waals surface area contributed by atoms with Crippen LogP contribution in [0, 0.1) is 18.2 Å². The molecule has 0 radical (unpaired) electrons. The number of nitrogens with one attached hydrogen (secondary N) is 1. The Hall–Kier alpha value is -4.35. The summed E-state index contributed by atoms with van der Waals surface area (Å²) in [6.07, 6.45) is 1.58. The number of benzene rings is 3. The van der Waals surface area contributed by atoms with Crippen LogP contribution in [0.1, 0.15) is 15.9 Å². The molecule has 0 aliphatic carbocycles. The first kappa shape index (κ1) is 24.8. The number of methoxy groups -OCH3 is 1. The maximum atomic E-state index is 14.1. The van der Waals surface area contributed by atoms with E-state index in [1.807, 2.05) is 0 Å². The average Bonchev–Trinajstić information content (AvgIpc) is 2.88. The lowest BCUT2D eigenvalue weighted by Crippen LogP contribution is -2.43.